The van der Waals surface area contributed by atoms with Gasteiger partial charge in [0.1, 0.15) is 11.5 Å². The Hall–Kier alpha value is 0.300. The molecule has 2 N–H and O–H groups in total. The molecule has 0 bridgehead atoms. The van der Waals surface area contributed by atoms with Gasteiger partial charge < -0.3 is 10.2 Å². The van der Waals surface area contributed by atoms with E-state index < -0.39 is 0 Å². The lowest BCUT2D eigenvalue weighted by molar-refractivity contribution is 0.389. The van der Waals surface area contributed by atoms with Crippen LogP contribution < -0.4 is 0 Å². The standard InChI is InChI=1S/C42H62I4N2O2/c1-41(2,3)35-25-31(29(13-9-19-43)14-10-20-44)23-33(39(35)49)27-47-37-17-7-8-18-38(37)48-28-34-24-32(26-36(40(34)50)42(4,5)6)30(15-11-21-45)16-12-22-46/h23-30,37-38,49-50H,7-22H2,1-6H3/t37-,38-/m0/s1. The summed E-state index contributed by atoms with van der Waals surface area (Å²) in [4.78, 5) is 10.4. The highest BCUT2D eigenvalue weighted by atomic mass is 127. The first kappa shape index (κ1) is 44.7. The average molecular weight is 1130 g/mol. The minimum absolute atomic E-state index is 0.0439. The molecule has 0 saturated heterocycles. The van der Waals surface area contributed by atoms with Gasteiger partial charge in [0.05, 0.1) is 12.1 Å². The molecule has 8 heteroatoms. The molecule has 0 aliphatic heterocycles. The first-order valence-corrected chi connectivity index (χ1v) is 24.9. The van der Waals surface area contributed by atoms with Crippen LogP contribution in [0.15, 0.2) is 34.3 Å². The fourth-order valence-electron chi connectivity index (χ4n) is 7.21. The molecule has 0 aromatic heterocycles. The summed E-state index contributed by atoms with van der Waals surface area (Å²) in [5, 5.41) is 23.2. The fourth-order valence-corrected chi connectivity index (χ4v) is 8.97. The van der Waals surface area contributed by atoms with E-state index in [0.29, 0.717) is 23.3 Å². The molecular weight excluding hydrogens is 1070 g/mol. The number of rotatable bonds is 18. The highest BCUT2D eigenvalue weighted by Gasteiger charge is 2.27. The first-order valence-electron chi connectivity index (χ1n) is 18.8. The van der Waals surface area contributed by atoms with Crippen LogP contribution in [0.25, 0.3) is 0 Å². The molecule has 2 aromatic rings. The van der Waals surface area contributed by atoms with E-state index in [0.717, 1.165) is 65.6 Å². The lowest BCUT2D eigenvalue weighted by Gasteiger charge is -2.27. The summed E-state index contributed by atoms with van der Waals surface area (Å²) in [5.74, 6) is 1.70. The van der Waals surface area contributed by atoms with Gasteiger partial charge in [0.2, 0.25) is 0 Å². The Balaban J connectivity index is 2.01. The summed E-state index contributed by atoms with van der Waals surface area (Å²) in [6, 6.07) is 9.05. The van der Waals surface area contributed by atoms with Crippen LogP contribution in [-0.2, 0) is 10.8 Å². The zero-order valence-corrected chi connectivity index (χ0v) is 40.0. The summed E-state index contributed by atoms with van der Waals surface area (Å²) in [5.41, 5.74) is 5.99. The fraction of sp³-hybridized carbons (Fsp3) is 0.667. The minimum atomic E-state index is -0.175. The van der Waals surface area contributed by atoms with Crippen molar-refractivity contribution in [2.24, 2.45) is 9.98 Å². The van der Waals surface area contributed by atoms with Gasteiger partial charge >= 0.3 is 0 Å². The van der Waals surface area contributed by atoms with Gasteiger partial charge in [0, 0.05) is 34.7 Å². The Labute approximate surface area is 359 Å². The maximum Gasteiger partial charge on any atom is 0.128 e. The number of nitrogens with zero attached hydrogens (tertiary/aromatic N) is 2. The van der Waals surface area contributed by atoms with Crippen molar-refractivity contribution in [2.75, 3.05) is 17.7 Å². The van der Waals surface area contributed by atoms with Crippen LogP contribution in [0.2, 0.25) is 0 Å². The Kier molecular flexibility index (Phi) is 19.7. The molecule has 0 radical (unpaired) electrons. The van der Waals surface area contributed by atoms with Gasteiger partial charge in [-0.3, -0.25) is 9.98 Å². The minimum Gasteiger partial charge on any atom is -0.507 e. The first-order chi connectivity index (χ1) is 23.7. The SMILES string of the molecule is CC(C)(C)c1cc(C(CCCI)CCCI)cc(C=N[C@H]2CCCC[C@@H]2N=Cc2cc(C(CCCI)CCCI)cc(C(C)(C)C)c2O)c1O. The van der Waals surface area contributed by atoms with E-state index in [2.05, 4.69) is 156 Å². The maximum atomic E-state index is 11.6. The van der Waals surface area contributed by atoms with Crippen molar-refractivity contribution in [3.05, 3.63) is 57.6 Å². The van der Waals surface area contributed by atoms with Gasteiger partial charge in [-0.25, -0.2) is 0 Å². The average Bonchev–Trinajstić information content (AvgIpc) is 3.07. The zero-order chi connectivity index (χ0) is 36.9. The molecule has 0 heterocycles. The number of halogens is 4. The lowest BCUT2D eigenvalue weighted by Crippen LogP contribution is -2.27. The quantitative estimate of drug-likeness (QED) is 0.0887. The normalized spacial score (nSPS) is 17.6. The second-order valence-electron chi connectivity index (χ2n) is 16.2. The molecule has 2 aromatic carbocycles. The third-order valence-corrected chi connectivity index (χ3v) is 13.2. The molecule has 0 spiro atoms. The van der Waals surface area contributed by atoms with Gasteiger partial charge in [-0.15, -0.1) is 0 Å². The number of benzene rings is 2. The van der Waals surface area contributed by atoms with E-state index in [9.17, 15) is 10.2 Å². The van der Waals surface area contributed by atoms with Crippen LogP contribution in [0.5, 0.6) is 11.5 Å². The van der Waals surface area contributed by atoms with Crippen molar-refractivity contribution in [3.8, 4) is 11.5 Å². The van der Waals surface area contributed by atoms with Crippen LogP contribution >= 0.6 is 90.4 Å². The summed E-state index contributed by atoms with van der Waals surface area (Å²) in [6.45, 7) is 13.1. The van der Waals surface area contributed by atoms with E-state index in [1.807, 2.05) is 12.4 Å². The molecule has 1 fully saturated rings. The molecule has 0 unspecified atom stereocenters. The monoisotopic (exact) mass is 1130 g/mol. The number of phenols is 2. The van der Waals surface area contributed by atoms with Gasteiger partial charge in [0.25, 0.3) is 0 Å². The second-order valence-corrected chi connectivity index (χ2v) is 20.5. The zero-order valence-electron chi connectivity index (χ0n) is 31.4. The van der Waals surface area contributed by atoms with Crippen LogP contribution in [0.4, 0.5) is 0 Å². The molecule has 0 amide bonds. The maximum absolute atomic E-state index is 11.6. The molecule has 280 valence electrons. The number of hydrogen-bond donors (Lipinski definition) is 2. The largest absolute Gasteiger partial charge is 0.507 e. The van der Waals surface area contributed by atoms with Crippen molar-refractivity contribution in [3.63, 3.8) is 0 Å². The molecule has 1 saturated carbocycles. The highest BCUT2D eigenvalue weighted by molar-refractivity contribution is 14.1. The van der Waals surface area contributed by atoms with Crippen molar-refractivity contribution in [1.82, 2.24) is 0 Å². The van der Waals surface area contributed by atoms with E-state index in [1.165, 1.54) is 62.5 Å². The van der Waals surface area contributed by atoms with E-state index in [4.69, 9.17) is 9.98 Å². The second kappa shape index (κ2) is 22.0. The third-order valence-electron chi connectivity index (χ3n) is 10.1. The molecule has 4 nitrogen and oxygen atoms in total. The van der Waals surface area contributed by atoms with Crippen LogP contribution in [-0.4, -0.2) is 52.4 Å². The number of hydrogen-bond acceptors (Lipinski definition) is 4. The summed E-state index contributed by atoms with van der Waals surface area (Å²) in [7, 11) is 0. The van der Waals surface area contributed by atoms with Crippen molar-refractivity contribution in [2.45, 2.75) is 153 Å². The summed E-state index contributed by atoms with van der Waals surface area (Å²) < 4.78 is 4.66. The van der Waals surface area contributed by atoms with Crippen LogP contribution in [0.1, 0.15) is 164 Å². The Morgan fingerprint density at radius 2 is 0.920 bits per heavy atom. The number of alkyl halides is 4. The lowest BCUT2D eigenvalue weighted by atomic mass is 9.80. The number of aromatic hydroxyl groups is 2. The predicted molar refractivity (Wildman–Crippen MR) is 253 cm³/mol. The highest BCUT2D eigenvalue weighted by Crippen LogP contribution is 2.40. The van der Waals surface area contributed by atoms with Crippen molar-refractivity contribution in [1.29, 1.82) is 0 Å². The van der Waals surface area contributed by atoms with Crippen molar-refractivity contribution >= 4 is 103 Å². The van der Waals surface area contributed by atoms with Gasteiger partial charge in [-0.2, -0.15) is 0 Å². The molecule has 3 rings (SSSR count). The molecule has 2 atom stereocenters. The molecule has 1 aliphatic rings. The summed E-state index contributed by atoms with van der Waals surface area (Å²) in [6.07, 6.45) is 17.6. The Bertz CT molecular complexity index is 1270. The van der Waals surface area contributed by atoms with E-state index in [1.54, 1.807) is 0 Å². The smallest absolute Gasteiger partial charge is 0.128 e. The van der Waals surface area contributed by atoms with E-state index in [-0.39, 0.29) is 22.9 Å². The number of aliphatic imine (C=N–C) groups is 2. The summed E-state index contributed by atoms with van der Waals surface area (Å²) >= 11 is 9.96. The Morgan fingerprint density at radius 3 is 1.20 bits per heavy atom. The topological polar surface area (TPSA) is 65.2 Å². The van der Waals surface area contributed by atoms with Gasteiger partial charge in [-0.05, 0) is 128 Å². The molecule has 50 heavy (non-hydrogen) atoms. The van der Waals surface area contributed by atoms with Gasteiger partial charge in [-0.1, -0.05) is 157 Å². The van der Waals surface area contributed by atoms with Crippen molar-refractivity contribution < 1.29 is 10.2 Å². The van der Waals surface area contributed by atoms with Crippen LogP contribution in [0.3, 0.4) is 0 Å². The van der Waals surface area contributed by atoms with E-state index >= 15 is 0 Å². The van der Waals surface area contributed by atoms with Gasteiger partial charge in [0.15, 0.2) is 0 Å². The molecular formula is C42H62I4N2O2. The third kappa shape index (κ3) is 13.6. The van der Waals surface area contributed by atoms with Crippen LogP contribution in [0, 0.1) is 0 Å². The predicted octanol–water partition coefficient (Wildman–Crippen LogP) is 13.6. The Morgan fingerprint density at radius 1 is 0.600 bits per heavy atom. The number of phenolic OH excluding ortho intramolecular Hbond substituents is 2. The molecule has 1 aliphatic carbocycles.